The molecule has 0 heterocycles. The van der Waals surface area contributed by atoms with Crippen LogP contribution in [0.1, 0.15) is 46.0 Å². The SMILES string of the molecule is CC1(C)CCC(O)(CNCC(O)CC(=O)O)CC1. The summed E-state index contributed by atoms with van der Waals surface area (Å²) in [6.45, 7) is 5.03. The van der Waals surface area contributed by atoms with Crippen molar-refractivity contribution in [1.82, 2.24) is 5.32 Å². The van der Waals surface area contributed by atoms with Gasteiger partial charge in [0.1, 0.15) is 0 Å². The van der Waals surface area contributed by atoms with Crippen molar-refractivity contribution >= 4 is 5.97 Å². The van der Waals surface area contributed by atoms with Crippen molar-refractivity contribution in [2.45, 2.75) is 57.7 Å². The van der Waals surface area contributed by atoms with E-state index >= 15 is 0 Å². The molecule has 106 valence electrons. The molecule has 5 nitrogen and oxygen atoms in total. The summed E-state index contributed by atoms with van der Waals surface area (Å²) >= 11 is 0. The van der Waals surface area contributed by atoms with Gasteiger partial charge >= 0.3 is 5.97 Å². The molecule has 1 aliphatic carbocycles. The van der Waals surface area contributed by atoms with Crippen LogP contribution in [0.4, 0.5) is 0 Å². The maximum Gasteiger partial charge on any atom is 0.306 e. The van der Waals surface area contributed by atoms with E-state index in [9.17, 15) is 15.0 Å². The molecule has 5 heteroatoms. The molecule has 1 rings (SSSR count). The number of carboxylic acid groups (broad SMARTS) is 1. The molecule has 0 radical (unpaired) electrons. The van der Waals surface area contributed by atoms with Gasteiger partial charge in [-0.2, -0.15) is 0 Å². The lowest BCUT2D eigenvalue weighted by molar-refractivity contribution is -0.139. The van der Waals surface area contributed by atoms with Gasteiger partial charge in [0.2, 0.25) is 0 Å². The van der Waals surface area contributed by atoms with Crippen LogP contribution in [0, 0.1) is 5.41 Å². The molecule has 1 aliphatic rings. The minimum atomic E-state index is -1.01. The molecule has 0 aliphatic heterocycles. The Labute approximate surface area is 108 Å². The molecule has 18 heavy (non-hydrogen) atoms. The van der Waals surface area contributed by atoms with Crippen LogP contribution in [0.5, 0.6) is 0 Å². The number of nitrogens with one attached hydrogen (secondary N) is 1. The van der Waals surface area contributed by atoms with Crippen LogP contribution in [0.25, 0.3) is 0 Å². The highest BCUT2D eigenvalue weighted by Gasteiger charge is 2.36. The monoisotopic (exact) mass is 259 g/mol. The molecule has 0 spiro atoms. The van der Waals surface area contributed by atoms with Crippen molar-refractivity contribution in [2.75, 3.05) is 13.1 Å². The summed E-state index contributed by atoms with van der Waals surface area (Å²) < 4.78 is 0. The Balaban J connectivity index is 2.25. The van der Waals surface area contributed by atoms with Gasteiger partial charge in [0.15, 0.2) is 0 Å². The van der Waals surface area contributed by atoms with E-state index in [1.165, 1.54) is 0 Å². The van der Waals surface area contributed by atoms with E-state index in [0.29, 0.717) is 12.0 Å². The Morgan fingerprint density at radius 3 is 2.33 bits per heavy atom. The zero-order chi connectivity index (χ0) is 13.8. The molecule has 0 bridgehead atoms. The Hall–Kier alpha value is -0.650. The molecule has 0 aromatic carbocycles. The molecule has 1 saturated carbocycles. The average Bonchev–Trinajstić information content (AvgIpc) is 2.22. The zero-order valence-electron chi connectivity index (χ0n) is 11.3. The van der Waals surface area contributed by atoms with Crippen molar-refractivity contribution < 1.29 is 20.1 Å². The number of aliphatic carboxylic acids is 1. The van der Waals surface area contributed by atoms with Crippen molar-refractivity contribution in [2.24, 2.45) is 5.41 Å². The first-order valence-corrected chi connectivity index (χ1v) is 6.55. The maximum atomic E-state index is 10.4. The molecular weight excluding hydrogens is 234 g/mol. The summed E-state index contributed by atoms with van der Waals surface area (Å²) in [4.78, 5) is 10.4. The van der Waals surface area contributed by atoms with E-state index in [2.05, 4.69) is 19.2 Å². The van der Waals surface area contributed by atoms with E-state index in [0.717, 1.165) is 25.7 Å². The van der Waals surface area contributed by atoms with Crippen LogP contribution >= 0.6 is 0 Å². The maximum absolute atomic E-state index is 10.4. The standard InChI is InChI=1S/C13H25NO4/c1-12(2)3-5-13(18,6-4-12)9-14-8-10(15)7-11(16)17/h10,14-15,18H,3-9H2,1-2H3,(H,16,17). The van der Waals surface area contributed by atoms with Crippen LogP contribution in [-0.2, 0) is 4.79 Å². The number of rotatable bonds is 6. The first-order valence-electron chi connectivity index (χ1n) is 6.55. The summed E-state index contributed by atoms with van der Waals surface area (Å²) in [6.07, 6.45) is 2.32. The second-order valence-corrected chi connectivity index (χ2v) is 6.27. The molecule has 0 amide bonds. The fourth-order valence-electron chi connectivity index (χ4n) is 2.31. The molecule has 4 N–H and O–H groups in total. The summed E-state index contributed by atoms with van der Waals surface area (Å²) in [5, 5.41) is 31.2. The third kappa shape index (κ3) is 5.33. The number of aliphatic hydroxyl groups is 2. The lowest BCUT2D eigenvalue weighted by atomic mass is 9.71. The summed E-state index contributed by atoms with van der Waals surface area (Å²) in [6, 6.07) is 0. The van der Waals surface area contributed by atoms with Crippen molar-refractivity contribution in [3.8, 4) is 0 Å². The van der Waals surface area contributed by atoms with Crippen LogP contribution in [0.3, 0.4) is 0 Å². The van der Waals surface area contributed by atoms with E-state index in [1.54, 1.807) is 0 Å². The highest BCUT2D eigenvalue weighted by atomic mass is 16.4. The predicted octanol–water partition coefficient (Wildman–Crippen LogP) is 0.743. The van der Waals surface area contributed by atoms with E-state index in [-0.39, 0.29) is 13.0 Å². The molecule has 1 atom stereocenters. The van der Waals surface area contributed by atoms with Crippen LogP contribution < -0.4 is 5.32 Å². The lowest BCUT2D eigenvalue weighted by Crippen LogP contribution is -2.46. The average molecular weight is 259 g/mol. The molecule has 1 unspecified atom stereocenters. The lowest BCUT2D eigenvalue weighted by Gasteiger charge is -2.40. The first-order chi connectivity index (χ1) is 8.22. The Morgan fingerprint density at radius 2 is 1.83 bits per heavy atom. The van der Waals surface area contributed by atoms with Gasteiger partial charge in [-0.25, -0.2) is 0 Å². The zero-order valence-corrected chi connectivity index (χ0v) is 11.3. The molecule has 1 fully saturated rings. The van der Waals surface area contributed by atoms with Gasteiger partial charge in [-0.3, -0.25) is 4.79 Å². The van der Waals surface area contributed by atoms with E-state index in [4.69, 9.17) is 5.11 Å². The number of hydrogen-bond donors (Lipinski definition) is 4. The van der Waals surface area contributed by atoms with Crippen molar-refractivity contribution in [1.29, 1.82) is 0 Å². The smallest absolute Gasteiger partial charge is 0.306 e. The number of hydrogen-bond acceptors (Lipinski definition) is 4. The minimum absolute atomic E-state index is 0.206. The van der Waals surface area contributed by atoms with Gasteiger partial charge < -0.3 is 20.6 Å². The molecule has 0 saturated heterocycles. The van der Waals surface area contributed by atoms with Gasteiger partial charge in [-0.05, 0) is 31.1 Å². The van der Waals surface area contributed by atoms with E-state index < -0.39 is 17.7 Å². The Kier molecular flexibility index (Phi) is 5.13. The van der Waals surface area contributed by atoms with Gasteiger partial charge in [0, 0.05) is 13.1 Å². The second kappa shape index (κ2) is 5.99. The Morgan fingerprint density at radius 1 is 1.28 bits per heavy atom. The molecule has 0 aromatic rings. The van der Waals surface area contributed by atoms with Gasteiger partial charge in [0.25, 0.3) is 0 Å². The summed E-state index contributed by atoms with van der Waals surface area (Å²) in [5.74, 6) is -1.01. The summed E-state index contributed by atoms with van der Waals surface area (Å²) in [7, 11) is 0. The minimum Gasteiger partial charge on any atom is -0.481 e. The normalized spacial score (nSPS) is 23.6. The third-order valence-corrected chi connectivity index (χ3v) is 3.78. The topological polar surface area (TPSA) is 89.8 Å². The first kappa shape index (κ1) is 15.4. The third-order valence-electron chi connectivity index (χ3n) is 3.78. The molecule has 0 aromatic heterocycles. The van der Waals surface area contributed by atoms with Gasteiger partial charge in [0.05, 0.1) is 18.1 Å². The van der Waals surface area contributed by atoms with E-state index in [1.807, 2.05) is 0 Å². The van der Waals surface area contributed by atoms with Gasteiger partial charge in [-0.15, -0.1) is 0 Å². The number of carbonyl (C=O) groups is 1. The van der Waals surface area contributed by atoms with Crippen molar-refractivity contribution in [3.05, 3.63) is 0 Å². The number of carboxylic acids is 1. The second-order valence-electron chi connectivity index (χ2n) is 6.27. The quantitative estimate of drug-likeness (QED) is 0.565. The van der Waals surface area contributed by atoms with Crippen LogP contribution in [-0.4, -0.2) is 46.1 Å². The highest BCUT2D eigenvalue weighted by molar-refractivity contribution is 5.67. The number of aliphatic hydroxyl groups excluding tert-OH is 1. The predicted molar refractivity (Wildman–Crippen MR) is 68.3 cm³/mol. The van der Waals surface area contributed by atoms with Crippen LogP contribution in [0.2, 0.25) is 0 Å². The Bertz CT molecular complexity index is 281. The van der Waals surface area contributed by atoms with Gasteiger partial charge in [-0.1, -0.05) is 13.8 Å². The fraction of sp³-hybridized carbons (Fsp3) is 0.923. The highest BCUT2D eigenvalue weighted by Crippen LogP contribution is 2.39. The fourth-order valence-corrected chi connectivity index (χ4v) is 2.31. The van der Waals surface area contributed by atoms with Crippen molar-refractivity contribution in [3.63, 3.8) is 0 Å². The molecular formula is C13H25NO4. The summed E-state index contributed by atoms with van der Waals surface area (Å²) in [5.41, 5.74) is -0.409. The van der Waals surface area contributed by atoms with Crippen LogP contribution in [0.15, 0.2) is 0 Å². The largest absolute Gasteiger partial charge is 0.481 e.